The van der Waals surface area contributed by atoms with E-state index >= 15 is 0 Å². The predicted octanol–water partition coefficient (Wildman–Crippen LogP) is 1.95. The summed E-state index contributed by atoms with van der Waals surface area (Å²) in [5.74, 6) is -0.0703. The van der Waals surface area contributed by atoms with Gasteiger partial charge in [-0.05, 0) is 37.1 Å². The summed E-state index contributed by atoms with van der Waals surface area (Å²) < 4.78 is 17.2. The van der Waals surface area contributed by atoms with Crippen LogP contribution in [0.2, 0.25) is 0 Å². The number of nitrogens with two attached hydrogens (primary N) is 1. The fourth-order valence-corrected chi connectivity index (χ4v) is 2.86. The van der Waals surface area contributed by atoms with E-state index in [1.807, 2.05) is 6.07 Å². The molecule has 126 valence electrons. The lowest BCUT2D eigenvalue weighted by Gasteiger charge is -2.31. The van der Waals surface area contributed by atoms with Gasteiger partial charge in [0.1, 0.15) is 6.10 Å². The van der Waals surface area contributed by atoms with E-state index in [1.54, 1.807) is 0 Å². The normalized spacial score (nSPS) is 24.1. The van der Waals surface area contributed by atoms with Gasteiger partial charge in [0.15, 0.2) is 11.7 Å². The summed E-state index contributed by atoms with van der Waals surface area (Å²) in [4.78, 5) is 4.38. The maximum absolute atomic E-state index is 6.03. The van der Waals surface area contributed by atoms with Gasteiger partial charge in [0.25, 0.3) is 0 Å². The Morgan fingerprint density at radius 1 is 1.30 bits per heavy atom. The molecule has 0 saturated carbocycles. The topological polar surface area (TPSA) is 78.1 Å². The van der Waals surface area contributed by atoms with Crippen molar-refractivity contribution in [2.24, 2.45) is 10.7 Å². The van der Waals surface area contributed by atoms with Crippen LogP contribution in [0.4, 0.5) is 5.69 Å². The van der Waals surface area contributed by atoms with E-state index in [2.05, 4.69) is 36.3 Å². The van der Waals surface area contributed by atoms with Crippen molar-refractivity contribution in [3.63, 3.8) is 0 Å². The number of guanidine groups is 1. The first-order chi connectivity index (χ1) is 11.1. The summed E-state index contributed by atoms with van der Waals surface area (Å²) in [5, 5.41) is 3.12. The first kappa shape index (κ1) is 16.2. The molecule has 2 saturated heterocycles. The number of anilines is 1. The zero-order chi connectivity index (χ0) is 16.3. The Hall–Kier alpha value is -1.63. The second-order valence-corrected chi connectivity index (χ2v) is 6.22. The lowest BCUT2D eigenvalue weighted by Crippen LogP contribution is -2.38. The molecule has 0 radical (unpaired) electrons. The van der Waals surface area contributed by atoms with Crippen molar-refractivity contribution in [1.82, 2.24) is 0 Å². The molecule has 1 spiro atoms. The molecule has 23 heavy (non-hydrogen) atoms. The smallest absolute Gasteiger partial charge is 0.193 e. The van der Waals surface area contributed by atoms with Gasteiger partial charge in [-0.15, -0.1) is 0 Å². The van der Waals surface area contributed by atoms with E-state index in [0.717, 1.165) is 18.5 Å². The van der Waals surface area contributed by atoms with Gasteiger partial charge in [0, 0.05) is 18.5 Å². The third kappa shape index (κ3) is 4.02. The van der Waals surface area contributed by atoms with E-state index in [4.69, 9.17) is 19.9 Å². The van der Waals surface area contributed by atoms with Crippen molar-refractivity contribution in [3.8, 4) is 0 Å². The van der Waals surface area contributed by atoms with E-state index in [9.17, 15) is 0 Å². The molecule has 3 N–H and O–H groups in total. The van der Waals surface area contributed by atoms with E-state index in [-0.39, 0.29) is 6.10 Å². The molecule has 3 rings (SSSR count). The molecular weight excluding hydrogens is 294 g/mol. The molecule has 2 heterocycles. The molecule has 2 aliphatic rings. The number of ether oxygens (including phenoxy) is 3. The molecule has 0 aromatic heterocycles. The maximum atomic E-state index is 6.03. The van der Waals surface area contributed by atoms with Gasteiger partial charge in [-0.2, -0.15) is 0 Å². The number of aliphatic imine (C=N–C) groups is 1. The number of benzene rings is 1. The molecule has 1 aromatic carbocycles. The molecule has 0 amide bonds. The molecule has 2 aliphatic heterocycles. The number of aryl methyl sites for hydroxylation is 2. The van der Waals surface area contributed by atoms with Crippen molar-refractivity contribution in [2.45, 2.75) is 38.6 Å². The molecule has 6 nitrogen and oxygen atoms in total. The van der Waals surface area contributed by atoms with Gasteiger partial charge in [-0.3, -0.25) is 4.99 Å². The highest BCUT2D eigenvalue weighted by Gasteiger charge is 2.42. The van der Waals surface area contributed by atoms with Gasteiger partial charge in [0.05, 0.1) is 26.4 Å². The fraction of sp³-hybridized carbons (Fsp3) is 0.588. The minimum Gasteiger partial charge on any atom is -0.381 e. The van der Waals surface area contributed by atoms with Crippen LogP contribution in [0.5, 0.6) is 0 Å². The average Bonchev–Trinajstić information content (AvgIpc) is 2.92. The van der Waals surface area contributed by atoms with Crippen molar-refractivity contribution >= 4 is 11.6 Å². The summed E-state index contributed by atoms with van der Waals surface area (Å²) in [6.45, 7) is 6.58. The molecule has 6 heteroatoms. The van der Waals surface area contributed by atoms with Crippen LogP contribution in [0.1, 0.15) is 24.0 Å². The largest absolute Gasteiger partial charge is 0.381 e. The minimum atomic E-state index is -0.464. The molecular formula is C17H25N3O3. The van der Waals surface area contributed by atoms with Crippen molar-refractivity contribution < 1.29 is 14.2 Å². The molecule has 1 atom stereocenters. The number of hydrogen-bond acceptors (Lipinski definition) is 4. The Kier molecular flexibility index (Phi) is 4.84. The van der Waals surface area contributed by atoms with Gasteiger partial charge in [-0.1, -0.05) is 6.07 Å². The number of hydrogen-bond donors (Lipinski definition) is 2. The predicted molar refractivity (Wildman–Crippen MR) is 89.6 cm³/mol. The lowest BCUT2D eigenvalue weighted by atomic mass is 10.1. The summed E-state index contributed by atoms with van der Waals surface area (Å²) in [5.41, 5.74) is 9.38. The standard InChI is InChI=1S/C17H25N3O3/c1-12-3-4-14(9-13(12)2)20-16(18)19-10-15-11-22-17(23-15)5-7-21-8-6-17/h3-4,9,15H,5-8,10-11H2,1-2H3,(H3,18,19,20). The molecule has 0 aliphatic carbocycles. The van der Waals surface area contributed by atoms with Crippen LogP contribution < -0.4 is 11.1 Å². The van der Waals surface area contributed by atoms with E-state index in [0.29, 0.717) is 32.3 Å². The summed E-state index contributed by atoms with van der Waals surface area (Å²) in [6.07, 6.45) is 1.51. The second-order valence-electron chi connectivity index (χ2n) is 6.22. The highest BCUT2D eigenvalue weighted by molar-refractivity contribution is 5.92. The summed E-state index contributed by atoms with van der Waals surface area (Å²) in [6, 6.07) is 6.12. The fourth-order valence-electron chi connectivity index (χ4n) is 2.86. The van der Waals surface area contributed by atoms with Crippen LogP contribution >= 0.6 is 0 Å². The maximum Gasteiger partial charge on any atom is 0.193 e. The zero-order valence-corrected chi connectivity index (χ0v) is 13.8. The third-order valence-electron chi connectivity index (χ3n) is 4.41. The Labute approximate surface area is 137 Å². The average molecular weight is 319 g/mol. The summed E-state index contributed by atoms with van der Waals surface area (Å²) in [7, 11) is 0. The van der Waals surface area contributed by atoms with Crippen molar-refractivity contribution in [2.75, 3.05) is 31.7 Å². The first-order valence-corrected chi connectivity index (χ1v) is 8.10. The quantitative estimate of drug-likeness (QED) is 0.658. The highest BCUT2D eigenvalue weighted by atomic mass is 16.7. The lowest BCUT2D eigenvalue weighted by molar-refractivity contribution is -0.210. The monoisotopic (exact) mass is 319 g/mol. The number of nitrogens with zero attached hydrogens (tertiary/aromatic N) is 1. The van der Waals surface area contributed by atoms with E-state index in [1.165, 1.54) is 11.1 Å². The molecule has 1 aromatic rings. The summed E-state index contributed by atoms with van der Waals surface area (Å²) >= 11 is 0. The third-order valence-corrected chi connectivity index (χ3v) is 4.41. The number of nitrogens with one attached hydrogen (secondary N) is 1. The van der Waals surface area contributed by atoms with Gasteiger partial charge in [-0.25, -0.2) is 0 Å². The second kappa shape index (κ2) is 6.86. The molecule has 0 bridgehead atoms. The minimum absolute atomic E-state index is 0.0480. The van der Waals surface area contributed by atoms with Crippen LogP contribution in [-0.2, 0) is 14.2 Å². The SMILES string of the molecule is Cc1ccc(NC(N)=NCC2COC3(CCOCC3)O2)cc1C. The van der Waals surface area contributed by atoms with Crippen molar-refractivity contribution in [3.05, 3.63) is 29.3 Å². The first-order valence-electron chi connectivity index (χ1n) is 8.10. The van der Waals surface area contributed by atoms with Crippen LogP contribution in [0.15, 0.2) is 23.2 Å². The van der Waals surface area contributed by atoms with Crippen LogP contribution in [0.3, 0.4) is 0 Å². The highest BCUT2D eigenvalue weighted by Crippen LogP contribution is 2.33. The Balaban J connectivity index is 1.52. The molecule has 1 unspecified atom stereocenters. The Bertz CT molecular complexity index is 582. The van der Waals surface area contributed by atoms with Crippen LogP contribution in [-0.4, -0.2) is 44.2 Å². The Morgan fingerprint density at radius 2 is 2.09 bits per heavy atom. The van der Waals surface area contributed by atoms with Gasteiger partial charge in [0.2, 0.25) is 0 Å². The van der Waals surface area contributed by atoms with E-state index < -0.39 is 5.79 Å². The van der Waals surface area contributed by atoms with Crippen LogP contribution in [0.25, 0.3) is 0 Å². The van der Waals surface area contributed by atoms with Gasteiger partial charge >= 0.3 is 0 Å². The molecule has 2 fully saturated rings. The van der Waals surface area contributed by atoms with Gasteiger partial charge < -0.3 is 25.3 Å². The zero-order valence-electron chi connectivity index (χ0n) is 13.8. The Morgan fingerprint density at radius 3 is 2.83 bits per heavy atom. The van der Waals surface area contributed by atoms with Crippen molar-refractivity contribution in [1.29, 1.82) is 0 Å². The number of rotatable bonds is 3. The van der Waals surface area contributed by atoms with Crippen LogP contribution in [0, 0.1) is 13.8 Å².